The van der Waals surface area contributed by atoms with Gasteiger partial charge in [-0.15, -0.1) is 0 Å². The van der Waals surface area contributed by atoms with E-state index < -0.39 is 21.7 Å². The average Bonchev–Trinajstić information content (AvgIpc) is 2.85. The number of halogens is 2. The molecule has 1 saturated heterocycles. The monoisotopic (exact) mass is 508 g/mol. The zero-order valence-electron chi connectivity index (χ0n) is 20.5. The van der Waals surface area contributed by atoms with E-state index in [1.165, 1.54) is 10.4 Å². The van der Waals surface area contributed by atoms with Crippen molar-refractivity contribution in [3.05, 3.63) is 46.8 Å². The zero-order chi connectivity index (χ0) is 25.0. The number of anilines is 1. The molecule has 0 saturated carbocycles. The van der Waals surface area contributed by atoms with E-state index in [9.17, 15) is 17.2 Å². The van der Waals surface area contributed by atoms with Crippen LogP contribution in [0.2, 0.25) is 0 Å². The second-order valence-corrected chi connectivity index (χ2v) is 11.5. The molecular formula is C25H34F2N4O3S. The molecule has 4 rings (SSSR count). The standard InChI is InChI=1S/C25H34F2N4O3S/c1-3-18-15-28-25(29-16-18)30-10-7-19(8-11-30)6-4-5-13-34-24-22(26)14-20-17-31(35(2,32)33)12-9-21(20)23(24)27/h14-16,19H,3-13,17H2,1-2H3. The highest BCUT2D eigenvalue weighted by atomic mass is 32.2. The highest BCUT2D eigenvalue weighted by Crippen LogP contribution is 2.32. The molecule has 3 heterocycles. The van der Waals surface area contributed by atoms with E-state index in [-0.39, 0.29) is 31.9 Å². The van der Waals surface area contributed by atoms with Crippen molar-refractivity contribution in [1.82, 2.24) is 14.3 Å². The van der Waals surface area contributed by atoms with Crippen LogP contribution in [-0.4, -0.2) is 55.2 Å². The molecule has 35 heavy (non-hydrogen) atoms. The van der Waals surface area contributed by atoms with E-state index in [1.807, 2.05) is 12.4 Å². The van der Waals surface area contributed by atoms with Crippen molar-refractivity contribution >= 4 is 16.0 Å². The van der Waals surface area contributed by atoms with Crippen LogP contribution in [0.15, 0.2) is 18.5 Å². The first kappa shape index (κ1) is 25.8. The minimum atomic E-state index is -3.41. The number of hydrogen-bond acceptors (Lipinski definition) is 6. The lowest BCUT2D eigenvalue weighted by Gasteiger charge is -2.32. The maximum absolute atomic E-state index is 14.9. The van der Waals surface area contributed by atoms with Gasteiger partial charge in [-0.1, -0.05) is 13.3 Å². The first-order chi connectivity index (χ1) is 16.8. The summed E-state index contributed by atoms with van der Waals surface area (Å²) in [5, 5.41) is 0. The van der Waals surface area contributed by atoms with E-state index in [0.717, 1.165) is 69.4 Å². The first-order valence-electron chi connectivity index (χ1n) is 12.4. The summed E-state index contributed by atoms with van der Waals surface area (Å²) in [6.45, 7) is 4.38. The number of rotatable bonds is 9. The molecule has 2 aliphatic heterocycles. The van der Waals surface area contributed by atoms with Gasteiger partial charge in [-0.2, -0.15) is 4.31 Å². The van der Waals surface area contributed by atoms with E-state index in [0.29, 0.717) is 17.0 Å². The highest BCUT2D eigenvalue weighted by molar-refractivity contribution is 7.88. The minimum absolute atomic E-state index is 0.0166. The number of ether oxygens (including phenoxy) is 1. The van der Waals surface area contributed by atoms with Gasteiger partial charge in [-0.25, -0.2) is 27.2 Å². The molecule has 2 aliphatic rings. The second kappa shape index (κ2) is 11.2. The van der Waals surface area contributed by atoms with Crippen LogP contribution < -0.4 is 9.64 Å². The number of hydrogen-bond donors (Lipinski definition) is 0. The maximum Gasteiger partial charge on any atom is 0.225 e. The predicted molar refractivity (Wildman–Crippen MR) is 131 cm³/mol. The quantitative estimate of drug-likeness (QED) is 0.475. The zero-order valence-corrected chi connectivity index (χ0v) is 21.3. The number of sulfonamides is 1. The molecule has 0 amide bonds. The third-order valence-corrected chi connectivity index (χ3v) is 8.30. The van der Waals surface area contributed by atoms with Crippen molar-refractivity contribution in [3.8, 4) is 5.75 Å². The third kappa shape index (κ3) is 6.27. The molecule has 1 aromatic heterocycles. The molecule has 0 spiro atoms. The van der Waals surface area contributed by atoms with Gasteiger partial charge in [0.2, 0.25) is 16.0 Å². The normalized spacial score (nSPS) is 17.4. The van der Waals surface area contributed by atoms with E-state index in [1.54, 1.807) is 0 Å². The lowest BCUT2D eigenvalue weighted by molar-refractivity contribution is 0.264. The fourth-order valence-corrected chi connectivity index (χ4v) is 5.64. The van der Waals surface area contributed by atoms with Crippen molar-refractivity contribution in [2.75, 3.05) is 37.4 Å². The Morgan fingerprint density at radius 2 is 1.83 bits per heavy atom. The van der Waals surface area contributed by atoms with Crippen LogP contribution in [0.5, 0.6) is 5.75 Å². The van der Waals surface area contributed by atoms with Crippen molar-refractivity contribution in [1.29, 1.82) is 0 Å². The fraction of sp³-hybridized carbons (Fsp3) is 0.600. The van der Waals surface area contributed by atoms with Crippen LogP contribution in [0.25, 0.3) is 0 Å². The maximum atomic E-state index is 14.9. The predicted octanol–water partition coefficient (Wildman–Crippen LogP) is 4.10. The van der Waals surface area contributed by atoms with E-state index in [4.69, 9.17) is 4.74 Å². The summed E-state index contributed by atoms with van der Waals surface area (Å²) in [7, 11) is -3.41. The number of fused-ring (bicyclic) bond motifs is 1. The molecule has 1 aromatic carbocycles. The average molecular weight is 509 g/mol. The van der Waals surface area contributed by atoms with Crippen LogP contribution in [0, 0.1) is 17.6 Å². The van der Waals surface area contributed by atoms with Crippen molar-refractivity contribution in [2.45, 2.75) is 58.4 Å². The Labute approximate surface area is 206 Å². The van der Waals surface area contributed by atoms with Gasteiger partial charge in [0.05, 0.1) is 12.9 Å². The molecule has 0 radical (unpaired) electrons. The number of aromatic nitrogens is 2. The van der Waals surface area contributed by atoms with Gasteiger partial charge in [-0.3, -0.25) is 0 Å². The molecule has 0 N–H and O–H groups in total. The minimum Gasteiger partial charge on any atom is -0.488 e. The van der Waals surface area contributed by atoms with Crippen LogP contribution in [0.4, 0.5) is 14.7 Å². The van der Waals surface area contributed by atoms with Gasteiger partial charge in [0, 0.05) is 38.6 Å². The summed E-state index contributed by atoms with van der Waals surface area (Å²) < 4.78 is 59.7. The first-order valence-corrected chi connectivity index (χ1v) is 14.2. The van der Waals surface area contributed by atoms with E-state index in [2.05, 4.69) is 21.8 Å². The second-order valence-electron chi connectivity index (χ2n) is 9.51. The highest BCUT2D eigenvalue weighted by Gasteiger charge is 2.28. The molecule has 192 valence electrons. The van der Waals surface area contributed by atoms with Crippen LogP contribution in [0.1, 0.15) is 55.7 Å². The Kier molecular flexibility index (Phi) is 8.21. The topological polar surface area (TPSA) is 75.6 Å². The third-order valence-electron chi connectivity index (χ3n) is 7.05. The largest absolute Gasteiger partial charge is 0.488 e. The Balaban J connectivity index is 1.21. The smallest absolute Gasteiger partial charge is 0.225 e. The van der Waals surface area contributed by atoms with E-state index >= 15 is 0 Å². The van der Waals surface area contributed by atoms with Crippen molar-refractivity contribution in [3.63, 3.8) is 0 Å². The molecule has 7 nitrogen and oxygen atoms in total. The molecule has 0 aliphatic carbocycles. The molecule has 0 unspecified atom stereocenters. The number of unbranched alkanes of at least 4 members (excludes halogenated alkanes) is 1. The molecule has 10 heteroatoms. The molecule has 0 bridgehead atoms. The molecule has 0 atom stereocenters. The lowest BCUT2D eigenvalue weighted by Crippen LogP contribution is -2.35. The molecular weight excluding hydrogens is 474 g/mol. The van der Waals surface area contributed by atoms with Crippen LogP contribution >= 0.6 is 0 Å². The Morgan fingerprint density at radius 1 is 1.11 bits per heavy atom. The van der Waals surface area contributed by atoms with Crippen molar-refractivity contribution < 1.29 is 21.9 Å². The van der Waals surface area contributed by atoms with Gasteiger partial charge < -0.3 is 9.64 Å². The van der Waals surface area contributed by atoms with Crippen LogP contribution in [-0.2, 0) is 29.4 Å². The number of aryl methyl sites for hydroxylation is 1. The Morgan fingerprint density at radius 3 is 2.49 bits per heavy atom. The lowest BCUT2D eigenvalue weighted by atomic mass is 9.92. The summed E-state index contributed by atoms with van der Waals surface area (Å²) in [4.78, 5) is 11.2. The summed E-state index contributed by atoms with van der Waals surface area (Å²) in [5.74, 6) is -0.407. The van der Waals surface area contributed by atoms with Gasteiger partial charge in [0.25, 0.3) is 0 Å². The van der Waals surface area contributed by atoms with Gasteiger partial charge >= 0.3 is 0 Å². The number of piperidine rings is 1. The summed E-state index contributed by atoms with van der Waals surface area (Å²) in [6.07, 6.45) is 10.9. The van der Waals surface area contributed by atoms with Gasteiger partial charge in [0.1, 0.15) is 0 Å². The van der Waals surface area contributed by atoms with Crippen molar-refractivity contribution in [2.24, 2.45) is 5.92 Å². The Bertz CT molecular complexity index is 1120. The molecule has 1 fully saturated rings. The molecule has 2 aromatic rings. The Hall–Kier alpha value is -2.33. The number of nitrogens with zero attached hydrogens (tertiary/aromatic N) is 4. The van der Waals surface area contributed by atoms with Gasteiger partial charge in [-0.05, 0) is 67.2 Å². The van der Waals surface area contributed by atoms with Crippen LogP contribution in [0.3, 0.4) is 0 Å². The number of benzene rings is 1. The summed E-state index contributed by atoms with van der Waals surface area (Å²) in [6, 6.07) is 1.21. The summed E-state index contributed by atoms with van der Waals surface area (Å²) >= 11 is 0. The fourth-order valence-electron chi connectivity index (χ4n) is 4.85. The van der Waals surface area contributed by atoms with Gasteiger partial charge in [0.15, 0.2) is 17.4 Å². The summed E-state index contributed by atoms with van der Waals surface area (Å²) in [5.41, 5.74) is 1.85. The SMILES string of the molecule is CCc1cnc(N2CCC(CCCCOc3c(F)cc4c(c3F)CCN(S(C)(=O)=O)C4)CC2)nc1.